The zero-order valence-corrected chi connectivity index (χ0v) is 8.44. The molecule has 0 aliphatic rings. The molecule has 0 fully saturated rings. The normalized spacial score (nSPS) is 10.4. The van der Waals surface area contributed by atoms with Crippen LogP contribution in [0.2, 0.25) is 5.02 Å². The van der Waals surface area contributed by atoms with Gasteiger partial charge in [0.05, 0.1) is 5.02 Å². The van der Waals surface area contributed by atoms with Crippen LogP contribution in [0.3, 0.4) is 0 Å². The number of hydrogen-bond acceptors (Lipinski definition) is 4. The molecule has 0 aliphatic heterocycles. The van der Waals surface area contributed by atoms with Crippen molar-refractivity contribution in [2.45, 2.75) is 0 Å². The van der Waals surface area contributed by atoms with E-state index in [1.807, 2.05) is 0 Å². The van der Waals surface area contributed by atoms with E-state index in [0.717, 1.165) is 11.5 Å². The Hall–Kier alpha value is -1.20. The summed E-state index contributed by atoms with van der Waals surface area (Å²) < 4.78 is 17.2. The molecule has 0 amide bonds. The molecule has 72 valence electrons. The molecule has 0 saturated heterocycles. The molecular formula is C8H5ClFN3S. The Morgan fingerprint density at radius 1 is 1.43 bits per heavy atom. The third kappa shape index (κ3) is 1.56. The van der Waals surface area contributed by atoms with Gasteiger partial charge in [-0.05, 0) is 23.7 Å². The second-order valence-electron chi connectivity index (χ2n) is 2.56. The van der Waals surface area contributed by atoms with Gasteiger partial charge in [-0.2, -0.15) is 9.36 Å². The fraction of sp³-hybridized carbons (Fsp3) is 0. The van der Waals surface area contributed by atoms with E-state index in [1.54, 1.807) is 12.1 Å². The van der Waals surface area contributed by atoms with Crippen molar-refractivity contribution in [2.75, 3.05) is 5.73 Å². The quantitative estimate of drug-likeness (QED) is 0.818. The lowest BCUT2D eigenvalue weighted by Gasteiger charge is -1.98. The van der Waals surface area contributed by atoms with E-state index in [1.165, 1.54) is 6.07 Å². The zero-order chi connectivity index (χ0) is 10.1. The highest BCUT2D eigenvalue weighted by Gasteiger charge is 2.11. The maximum Gasteiger partial charge on any atom is 0.232 e. The van der Waals surface area contributed by atoms with E-state index in [9.17, 15) is 4.39 Å². The average Bonchev–Trinajstić information content (AvgIpc) is 2.57. The highest BCUT2D eigenvalue weighted by Crippen LogP contribution is 2.28. The van der Waals surface area contributed by atoms with Gasteiger partial charge in [0.2, 0.25) is 5.95 Å². The van der Waals surface area contributed by atoms with Gasteiger partial charge in [-0.15, -0.1) is 0 Å². The first-order chi connectivity index (χ1) is 6.68. The minimum Gasteiger partial charge on any atom is -0.367 e. The van der Waals surface area contributed by atoms with Crippen LogP contribution < -0.4 is 5.73 Å². The zero-order valence-electron chi connectivity index (χ0n) is 6.87. The number of nitrogen functional groups attached to an aromatic ring is 1. The van der Waals surface area contributed by atoms with Gasteiger partial charge in [-0.3, -0.25) is 0 Å². The van der Waals surface area contributed by atoms with Crippen LogP contribution in [0.15, 0.2) is 18.2 Å². The van der Waals surface area contributed by atoms with Gasteiger partial charge < -0.3 is 5.73 Å². The molecule has 2 rings (SSSR count). The number of benzene rings is 1. The van der Waals surface area contributed by atoms with Gasteiger partial charge in [0, 0.05) is 5.56 Å². The Kier molecular flexibility index (Phi) is 2.35. The number of nitrogens with zero attached hydrogens (tertiary/aromatic N) is 2. The summed E-state index contributed by atoms with van der Waals surface area (Å²) >= 11 is 6.66. The van der Waals surface area contributed by atoms with E-state index in [-0.39, 0.29) is 11.0 Å². The van der Waals surface area contributed by atoms with Crippen molar-refractivity contribution in [2.24, 2.45) is 0 Å². The Bertz CT molecular complexity index is 471. The molecule has 1 heterocycles. The third-order valence-corrected chi connectivity index (χ3v) is 2.68. The molecule has 1 aromatic heterocycles. The average molecular weight is 230 g/mol. The van der Waals surface area contributed by atoms with Crippen molar-refractivity contribution < 1.29 is 4.39 Å². The molecule has 2 N–H and O–H groups in total. The van der Waals surface area contributed by atoms with Crippen LogP contribution in [0.4, 0.5) is 10.3 Å². The highest BCUT2D eigenvalue weighted by molar-refractivity contribution is 7.09. The number of rotatable bonds is 1. The van der Waals surface area contributed by atoms with Gasteiger partial charge >= 0.3 is 0 Å². The lowest BCUT2D eigenvalue weighted by atomic mass is 10.2. The first-order valence-electron chi connectivity index (χ1n) is 3.72. The van der Waals surface area contributed by atoms with Crippen LogP contribution in [0.1, 0.15) is 0 Å². The van der Waals surface area contributed by atoms with Crippen molar-refractivity contribution in [3.05, 3.63) is 29.0 Å². The van der Waals surface area contributed by atoms with Crippen LogP contribution in [0.25, 0.3) is 10.6 Å². The third-order valence-electron chi connectivity index (χ3n) is 1.62. The summed E-state index contributed by atoms with van der Waals surface area (Å²) in [5.41, 5.74) is 5.66. The Labute approximate surface area is 88.5 Å². The molecule has 0 atom stereocenters. The lowest BCUT2D eigenvalue weighted by Crippen LogP contribution is -1.87. The van der Waals surface area contributed by atoms with Crippen molar-refractivity contribution >= 4 is 29.1 Å². The Morgan fingerprint density at radius 3 is 2.86 bits per heavy atom. The molecular weight excluding hydrogens is 225 g/mol. The number of aromatic nitrogens is 2. The molecule has 0 unspecified atom stereocenters. The predicted octanol–water partition coefficient (Wildman–Crippen LogP) is 2.58. The lowest BCUT2D eigenvalue weighted by molar-refractivity contribution is 0.631. The summed E-state index contributed by atoms with van der Waals surface area (Å²) in [4.78, 5) is 3.87. The fourth-order valence-electron chi connectivity index (χ4n) is 1.01. The monoisotopic (exact) mass is 229 g/mol. The molecule has 3 nitrogen and oxygen atoms in total. The van der Waals surface area contributed by atoms with Crippen LogP contribution in [-0.4, -0.2) is 9.36 Å². The highest BCUT2D eigenvalue weighted by atomic mass is 35.5. The number of halogens is 2. The first-order valence-corrected chi connectivity index (χ1v) is 4.87. The molecule has 0 bridgehead atoms. The topological polar surface area (TPSA) is 51.8 Å². The molecule has 1 aromatic carbocycles. The van der Waals surface area contributed by atoms with Crippen molar-refractivity contribution in [3.63, 3.8) is 0 Å². The number of anilines is 1. The molecule has 14 heavy (non-hydrogen) atoms. The molecule has 0 aliphatic carbocycles. The predicted molar refractivity (Wildman–Crippen MR) is 54.7 cm³/mol. The summed E-state index contributed by atoms with van der Waals surface area (Å²) in [6, 6.07) is 4.71. The fourth-order valence-corrected chi connectivity index (χ4v) is 1.80. The van der Waals surface area contributed by atoms with Crippen LogP contribution in [-0.2, 0) is 0 Å². The smallest absolute Gasteiger partial charge is 0.232 e. The van der Waals surface area contributed by atoms with Crippen molar-refractivity contribution in [1.29, 1.82) is 0 Å². The molecule has 0 spiro atoms. The second kappa shape index (κ2) is 3.51. The van der Waals surface area contributed by atoms with Gasteiger partial charge in [-0.1, -0.05) is 17.7 Å². The molecule has 0 radical (unpaired) electrons. The van der Waals surface area contributed by atoms with E-state index in [4.69, 9.17) is 17.3 Å². The summed E-state index contributed by atoms with van der Waals surface area (Å²) in [5.74, 6) is -0.352. The van der Waals surface area contributed by atoms with Gasteiger partial charge in [0.1, 0.15) is 5.01 Å². The van der Waals surface area contributed by atoms with E-state index in [2.05, 4.69) is 9.36 Å². The minimum atomic E-state index is -0.495. The largest absolute Gasteiger partial charge is 0.367 e. The number of nitrogens with two attached hydrogens (primary N) is 1. The maximum atomic E-state index is 13.5. The van der Waals surface area contributed by atoms with Gasteiger partial charge in [-0.25, -0.2) is 4.39 Å². The SMILES string of the molecule is Nc1nsc(-c2cccc(Cl)c2F)n1. The maximum absolute atomic E-state index is 13.5. The van der Waals surface area contributed by atoms with Gasteiger partial charge in [0.15, 0.2) is 5.82 Å². The summed E-state index contributed by atoms with van der Waals surface area (Å²) in [7, 11) is 0. The van der Waals surface area contributed by atoms with E-state index >= 15 is 0 Å². The summed E-state index contributed by atoms with van der Waals surface area (Å²) in [5, 5.41) is 0.499. The second-order valence-corrected chi connectivity index (χ2v) is 3.72. The van der Waals surface area contributed by atoms with E-state index < -0.39 is 5.82 Å². The summed E-state index contributed by atoms with van der Waals surface area (Å²) in [6.07, 6.45) is 0. The Morgan fingerprint density at radius 2 is 2.21 bits per heavy atom. The van der Waals surface area contributed by atoms with Crippen LogP contribution in [0, 0.1) is 5.82 Å². The van der Waals surface area contributed by atoms with Crippen LogP contribution in [0.5, 0.6) is 0 Å². The minimum absolute atomic E-state index is 0.0660. The first kappa shape index (κ1) is 9.36. The standard InChI is InChI=1S/C8H5ClFN3S/c9-5-3-1-2-4(6(5)10)7-12-8(11)13-14-7/h1-3H,(H2,11,13). The number of hydrogen-bond donors (Lipinski definition) is 1. The van der Waals surface area contributed by atoms with Gasteiger partial charge in [0.25, 0.3) is 0 Å². The summed E-state index contributed by atoms with van der Waals surface area (Å²) in [6.45, 7) is 0. The molecule has 6 heteroatoms. The molecule has 0 saturated carbocycles. The van der Waals surface area contributed by atoms with E-state index in [0.29, 0.717) is 10.6 Å². The Balaban J connectivity index is 2.57. The van der Waals surface area contributed by atoms with Crippen LogP contribution >= 0.6 is 23.1 Å². The van der Waals surface area contributed by atoms with Crippen molar-refractivity contribution in [1.82, 2.24) is 9.36 Å². The van der Waals surface area contributed by atoms with Crippen molar-refractivity contribution in [3.8, 4) is 10.6 Å². The molecule has 2 aromatic rings.